The smallest absolute Gasteiger partial charge is 0.359 e. The fourth-order valence-corrected chi connectivity index (χ4v) is 1.80. The number of nitrogens with zero attached hydrogens (tertiary/aromatic N) is 1. The minimum Gasteiger partial charge on any atom is -0.458 e. The second-order valence-corrected chi connectivity index (χ2v) is 4.48. The fourth-order valence-electron chi connectivity index (χ4n) is 1.80. The van der Waals surface area contributed by atoms with Gasteiger partial charge in [-0.1, -0.05) is 13.3 Å². The summed E-state index contributed by atoms with van der Waals surface area (Å²) in [6, 6.07) is 5.23. The molecule has 0 bridgehead atoms. The second-order valence-electron chi connectivity index (χ2n) is 4.48. The third-order valence-corrected chi connectivity index (χ3v) is 2.88. The molecule has 2 rings (SSSR count). The third-order valence-electron chi connectivity index (χ3n) is 2.88. The normalized spacial score (nSPS) is 10.8. The van der Waals surface area contributed by atoms with Crippen molar-refractivity contribution in [2.75, 3.05) is 25.6 Å². The Kier molecular flexibility index (Phi) is 4.95. The van der Waals surface area contributed by atoms with E-state index in [0.717, 1.165) is 18.4 Å². The summed E-state index contributed by atoms with van der Waals surface area (Å²) < 4.78 is 10.5. The summed E-state index contributed by atoms with van der Waals surface area (Å²) in [6.07, 6.45) is 2.09. The first-order valence-corrected chi connectivity index (χ1v) is 6.71. The number of rotatable bonds is 7. The Bertz CT molecular complexity index is 580. The number of hydrogen-bond acceptors (Lipinski definition) is 5. The van der Waals surface area contributed by atoms with Crippen molar-refractivity contribution >= 4 is 22.6 Å². The molecule has 1 heterocycles. The van der Waals surface area contributed by atoms with Gasteiger partial charge in [0.1, 0.15) is 6.61 Å². The number of H-pyrrole nitrogens is 1. The molecule has 0 unspecified atom stereocenters. The average Bonchev–Trinajstić information content (AvgIpc) is 2.85. The van der Waals surface area contributed by atoms with E-state index in [4.69, 9.17) is 15.2 Å². The third kappa shape index (κ3) is 3.48. The van der Waals surface area contributed by atoms with Crippen LogP contribution in [0.4, 0.5) is 5.69 Å². The maximum Gasteiger partial charge on any atom is 0.359 e. The number of esters is 1. The van der Waals surface area contributed by atoms with Gasteiger partial charge in [0.25, 0.3) is 0 Å². The van der Waals surface area contributed by atoms with Gasteiger partial charge in [0.15, 0.2) is 5.69 Å². The van der Waals surface area contributed by atoms with Gasteiger partial charge in [0, 0.05) is 17.7 Å². The van der Waals surface area contributed by atoms with Gasteiger partial charge in [-0.05, 0) is 24.6 Å². The van der Waals surface area contributed by atoms with Gasteiger partial charge < -0.3 is 15.2 Å². The molecule has 20 heavy (non-hydrogen) atoms. The number of ether oxygens (including phenoxy) is 2. The van der Waals surface area contributed by atoms with Crippen LogP contribution in [0.2, 0.25) is 0 Å². The van der Waals surface area contributed by atoms with Crippen molar-refractivity contribution < 1.29 is 14.3 Å². The van der Waals surface area contributed by atoms with Gasteiger partial charge in [-0.3, -0.25) is 5.10 Å². The Morgan fingerprint density at radius 3 is 3.00 bits per heavy atom. The molecule has 0 aliphatic rings. The Hall–Kier alpha value is -2.08. The summed E-state index contributed by atoms with van der Waals surface area (Å²) in [4.78, 5) is 11.9. The van der Waals surface area contributed by atoms with Gasteiger partial charge >= 0.3 is 5.97 Å². The second kappa shape index (κ2) is 6.91. The molecule has 0 saturated heterocycles. The number of nitrogens with one attached hydrogen (secondary N) is 1. The number of aromatic nitrogens is 2. The number of aromatic amines is 1. The predicted molar refractivity (Wildman–Crippen MR) is 76.5 cm³/mol. The number of anilines is 1. The molecule has 0 amide bonds. The SMILES string of the molecule is CCCCOCCOC(=O)c1n[nH]c2ccc(N)cc12. The molecule has 6 nitrogen and oxygen atoms in total. The van der Waals surface area contributed by atoms with E-state index >= 15 is 0 Å². The Labute approximate surface area is 117 Å². The molecule has 0 radical (unpaired) electrons. The maximum absolute atomic E-state index is 11.9. The van der Waals surface area contributed by atoms with Crippen molar-refractivity contribution in [3.05, 3.63) is 23.9 Å². The molecular formula is C14H19N3O3. The molecule has 0 fully saturated rings. The lowest BCUT2D eigenvalue weighted by atomic mass is 10.2. The molecule has 108 valence electrons. The van der Waals surface area contributed by atoms with E-state index in [2.05, 4.69) is 17.1 Å². The standard InChI is InChI=1S/C14H19N3O3/c1-2-3-6-19-7-8-20-14(18)13-11-9-10(15)4-5-12(11)16-17-13/h4-5,9H,2-3,6-8,15H2,1H3,(H,16,17). The number of carbonyl (C=O) groups excluding carboxylic acids is 1. The summed E-state index contributed by atoms with van der Waals surface area (Å²) >= 11 is 0. The zero-order valence-electron chi connectivity index (χ0n) is 11.5. The number of fused-ring (bicyclic) bond motifs is 1. The minimum atomic E-state index is -0.471. The first-order valence-electron chi connectivity index (χ1n) is 6.71. The van der Waals surface area contributed by atoms with E-state index < -0.39 is 5.97 Å². The summed E-state index contributed by atoms with van der Waals surface area (Å²) in [5, 5.41) is 7.41. The number of benzene rings is 1. The van der Waals surface area contributed by atoms with Gasteiger partial charge in [-0.2, -0.15) is 5.10 Å². The van der Waals surface area contributed by atoms with Crippen LogP contribution in [0.1, 0.15) is 30.3 Å². The summed E-state index contributed by atoms with van der Waals surface area (Å²) in [7, 11) is 0. The molecule has 1 aromatic carbocycles. The molecular weight excluding hydrogens is 258 g/mol. The van der Waals surface area contributed by atoms with Crippen molar-refractivity contribution in [1.82, 2.24) is 10.2 Å². The fraction of sp³-hybridized carbons (Fsp3) is 0.429. The summed E-state index contributed by atoms with van der Waals surface area (Å²) in [5.41, 5.74) is 7.29. The Balaban J connectivity index is 1.89. The van der Waals surface area contributed by atoms with E-state index in [1.807, 2.05) is 0 Å². The number of hydrogen-bond donors (Lipinski definition) is 2. The average molecular weight is 277 g/mol. The van der Waals surface area contributed by atoms with Crippen LogP contribution in [0, 0.1) is 0 Å². The molecule has 0 aliphatic carbocycles. The van der Waals surface area contributed by atoms with Crippen LogP contribution >= 0.6 is 0 Å². The van der Waals surface area contributed by atoms with E-state index in [0.29, 0.717) is 24.3 Å². The molecule has 0 spiro atoms. The monoisotopic (exact) mass is 277 g/mol. The van der Waals surface area contributed by atoms with Crippen molar-refractivity contribution in [3.63, 3.8) is 0 Å². The van der Waals surface area contributed by atoms with Crippen LogP contribution in [-0.4, -0.2) is 36.0 Å². The molecule has 2 aromatic rings. The van der Waals surface area contributed by atoms with Gasteiger partial charge in [0.2, 0.25) is 0 Å². The number of carbonyl (C=O) groups is 1. The van der Waals surface area contributed by atoms with Crippen molar-refractivity contribution in [2.24, 2.45) is 0 Å². The van der Waals surface area contributed by atoms with Crippen molar-refractivity contribution in [3.8, 4) is 0 Å². The van der Waals surface area contributed by atoms with Crippen LogP contribution in [0.5, 0.6) is 0 Å². The Morgan fingerprint density at radius 1 is 1.35 bits per heavy atom. The van der Waals surface area contributed by atoms with Crippen LogP contribution in [-0.2, 0) is 9.47 Å². The lowest BCUT2D eigenvalue weighted by Crippen LogP contribution is -2.12. The molecule has 6 heteroatoms. The molecule has 0 aliphatic heterocycles. The first-order chi connectivity index (χ1) is 9.72. The van der Waals surface area contributed by atoms with Crippen molar-refractivity contribution in [2.45, 2.75) is 19.8 Å². The van der Waals surface area contributed by atoms with Crippen LogP contribution < -0.4 is 5.73 Å². The molecule has 0 saturated carbocycles. The highest BCUT2D eigenvalue weighted by molar-refractivity contribution is 6.02. The molecule has 1 aromatic heterocycles. The predicted octanol–water partition coefficient (Wildman–Crippen LogP) is 2.12. The Morgan fingerprint density at radius 2 is 2.20 bits per heavy atom. The van der Waals surface area contributed by atoms with E-state index in [-0.39, 0.29) is 12.3 Å². The number of nitrogen functional groups attached to an aromatic ring is 1. The topological polar surface area (TPSA) is 90.2 Å². The minimum absolute atomic E-state index is 0.221. The number of unbranched alkanes of at least 4 members (excludes halogenated alkanes) is 1. The van der Waals surface area contributed by atoms with Gasteiger partial charge in [0.05, 0.1) is 12.1 Å². The van der Waals surface area contributed by atoms with E-state index in [1.165, 1.54) is 0 Å². The number of nitrogens with two attached hydrogens (primary N) is 1. The van der Waals surface area contributed by atoms with Crippen molar-refractivity contribution in [1.29, 1.82) is 0 Å². The van der Waals surface area contributed by atoms with Gasteiger partial charge in [-0.25, -0.2) is 4.79 Å². The highest BCUT2D eigenvalue weighted by Crippen LogP contribution is 2.19. The zero-order valence-corrected chi connectivity index (χ0v) is 11.5. The summed E-state index contributed by atoms with van der Waals surface area (Å²) in [6.45, 7) is 3.41. The lowest BCUT2D eigenvalue weighted by Gasteiger charge is -2.04. The van der Waals surface area contributed by atoms with Crippen LogP contribution in [0.15, 0.2) is 18.2 Å². The highest BCUT2D eigenvalue weighted by Gasteiger charge is 2.15. The molecule has 0 atom stereocenters. The lowest BCUT2D eigenvalue weighted by molar-refractivity contribution is 0.0310. The first kappa shape index (κ1) is 14.3. The summed E-state index contributed by atoms with van der Waals surface area (Å²) in [5.74, 6) is -0.471. The van der Waals surface area contributed by atoms with Crippen LogP contribution in [0.25, 0.3) is 10.9 Å². The van der Waals surface area contributed by atoms with Gasteiger partial charge in [-0.15, -0.1) is 0 Å². The van der Waals surface area contributed by atoms with E-state index in [1.54, 1.807) is 18.2 Å². The largest absolute Gasteiger partial charge is 0.458 e. The maximum atomic E-state index is 11.9. The van der Waals surface area contributed by atoms with E-state index in [9.17, 15) is 4.79 Å². The zero-order chi connectivity index (χ0) is 14.4. The highest BCUT2D eigenvalue weighted by atomic mass is 16.6. The quantitative estimate of drug-likeness (QED) is 0.459. The molecule has 3 N–H and O–H groups in total. The van der Waals surface area contributed by atoms with Crippen LogP contribution in [0.3, 0.4) is 0 Å².